The third kappa shape index (κ3) is 5.69. The van der Waals surface area contributed by atoms with Crippen LogP contribution in [-0.2, 0) is 31.0 Å². The summed E-state index contributed by atoms with van der Waals surface area (Å²) in [4.78, 5) is 12.4. The lowest BCUT2D eigenvalue weighted by Crippen LogP contribution is -2.26. The smallest absolute Gasteiger partial charge is 0.177 e. The number of hydrogen-bond acceptors (Lipinski definition) is 4. The molecule has 2 rings (SSSR count). The van der Waals surface area contributed by atoms with E-state index in [4.69, 9.17) is 0 Å². The third-order valence-electron chi connectivity index (χ3n) is 3.83. The van der Waals surface area contributed by atoms with Crippen molar-refractivity contribution < 1.29 is 22.3 Å². The van der Waals surface area contributed by atoms with Crippen LogP contribution in [0.2, 0.25) is 0 Å². The van der Waals surface area contributed by atoms with Crippen molar-refractivity contribution in [3.8, 4) is 0 Å². The van der Waals surface area contributed by atoms with Gasteiger partial charge in [-0.25, -0.2) is 8.78 Å². The molecule has 0 saturated heterocycles. The Hall–Kier alpha value is -2.16. The summed E-state index contributed by atoms with van der Waals surface area (Å²) in [7, 11) is 0. The van der Waals surface area contributed by atoms with Crippen molar-refractivity contribution in [3.63, 3.8) is 0 Å². The van der Waals surface area contributed by atoms with Gasteiger partial charge in [0.15, 0.2) is 5.78 Å². The number of ketones is 1. The summed E-state index contributed by atoms with van der Waals surface area (Å²) < 4.78 is 49.9. The lowest BCUT2D eigenvalue weighted by atomic mass is 10.00. The largest absolute Gasteiger partial charge is 0.755 e. The van der Waals surface area contributed by atoms with Gasteiger partial charge in [-0.3, -0.25) is 9.00 Å². The molecule has 2 aromatic rings. The van der Waals surface area contributed by atoms with Gasteiger partial charge in [-0.15, -0.1) is 0 Å². The molecule has 0 aliphatic heterocycles. The van der Waals surface area contributed by atoms with Gasteiger partial charge in [-0.05, 0) is 36.2 Å². The summed E-state index contributed by atoms with van der Waals surface area (Å²) in [6.07, 6.45) is 0.729. The molecular weight excluding hydrogens is 362 g/mol. The van der Waals surface area contributed by atoms with Crippen molar-refractivity contribution in [2.75, 3.05) is 17.8 Å². The highest BCUT2D eigenvalue weighted by atomic mass is 32.2. The number of carbonyl (C=O) groups is 1. The second-order valence-electron chi connectivity index (χ2n) is 5.61. The Bertz CT molecular complexity index is 773. The Morgan fingerprint density at radius 1 is 1.08 bits per heavy atom. The molecular formula is C18H19F2N2O3S-. The first-order valence-electron chi connectivity index (χ1n) is 7.96. The van der Waals surface area contributed by atoms with Crippen LogP contribution in [0.1, 0.15) is 27.0 Å². The highest BCUT2D eigenvalue weighted by Gasteiger charge is 2.16. The fraction of sp³-hybridized carbons (Fsp3) is 0.278. The number of anilines is 1. The maximum absolute atomic E-state index is 13.2. The number of Topliss-reactive ketones (excluding diaryl/α,β-unsaturated/α-hetero) is 1. The number of halogens is 2. The topological polar surface area (TPSA) is 81.3 Å². The summed E-state index contributed by atoms with van der Waals surface area (Å²) >= 11 is -2.67. The molecule has 0 aromatic heterocycles. The monoisotopic (exact) mass is 381 g/mol. The van der Waals surface area contributed by atoms with Crippen LogP contribution < -0.4 is 10.0 Å². The third-order valence-corrected chi connectivity index (χ3v) is 4.22. The van der Waals surface area contributed by atoms with Gasteiger partial charge < -0.3 is 14.6 Å². The van der Waals surface area contributed by atoms with Crippen LogP contribution in [0.25, 0.3) is 0 Å². The maximum atomic E-state index is 13.2. The van der Waals surface area contributed by atoms with Crippen LogP contribution in [-0.4, -0.2) is 27.6 Å². The molecule has 2 N–H and O–H groups in total. The van der Waals surface area contributed by atoms with Crippen LogP contribution >= 0.6 is 0 Å². The highest BCUT2D eigenvalue weighted by molar-refractivity contribution is 7.80. The minimum atomic E-state index is -2.67. The van der Waals surface area contributed by atoms with Gasteiger partial charge in [0.05, 0.1) is 12.2 Å². The lowest BCUT2D eigenvalue weighted by molar-refractivity contribution is 0.0989. The zero-order valence-corrected chi connectivity index (χ0v) is 14.8. The number of rotatable bonds is 10. The van der Waals surface area contributed by atoms with E-state index in [0.717, 1.165) is 12.0 Å². The van der Waals surface area contributed by atoms with Crippen LogP contribution in [0.15, 0.2) is 42.5 Å². The van der Waals surface area contributed by atoms with Crippen molar-refractivity contribution in [2.24, 2.45) is 0 Å². The summed E-state index contributed by atoms with van der Waals surface area (Å²) in [6, 6.07) is 12.1. The first-order valence-corrected chi connectivity index (χ1v) is 9.04. The van der Waals surface area contributed by atoms with E-state index in [1.807, 2.05) is 35.1 Å². The molecule has 140 valence electrons. The predicted molar refractivity (Wildman–Crippen MR) is 96.0 cm³/mol. The molecule has 0 amide bonds. The molecule has 2 aromatic carbocycles. The molecule has 0 aliphatic rings. The van der Waals surface area contributed by atoms with Crippen LogP contribution in [0, 0.1) is 0 Å². The standard InChI is InChI=1S/C18H20F2N2O3S/c19-10-14-8-15(11-20)17(22-26(24)25)9-16(14)18(23)12-21-7-6-13-4-2-1-3-5-13/h1-5,8-9,21-22H,6-7,10-12H2,(H,24,25)/p-1. The molecule has 0 aliphatic carbocycles. The molecule has 8 heteroatoms. The Kier molecular flexibility index (Phi) is 7.83. The van der Waals surface area contributed by atoms with Gasteiger partial charge in [-0.2, -0.15) is 0 Å². The van der Waals surface area contributed by atoms with E-state index in [9.17, 15) is 22.3 Å². The van der Waals surface area contributed by atoms with Gasteiger partial charge in [0.1, 0.15) is 13.3 Å². The van der Waals surface area contributed by atoms with Crippen LogP contribution in [0.3, 0.4) is 0 Å². The van der Waals surface area contributed by atoms with Gasteiger partial charge in [0, 0.05) is 22.4 Å². The fourth-order valence-corrected chi connectivity index (χ4v) is 2.91. The first kappa shape index (κ1) is 20.2. The number of carbonyl (C=O) groups excluding carboxylic acids is 1. The van der Waals surface area contributed by atoms with Gasteiger partial charge >= 0.3 is 0 Å². The quantitative estimate of drug-likeness (QED) is 0.377. The van der Waals surface area contributed by atoms with Crippen molar-refractivity contribution in [2.45, 2.75) is 19.8 Å². The minimum absolute atomic E-state index is 0.0181. The SMILES string of the molecule is O=C(CNCCc1ccccc1)c1cc(NS(=O)[O-])c(CF)cc1CF. The van der Waals surface area contributed by atoms with E-state index in [0.29, 0.717) is 6.54 Å². The molecule has 0 spiro atoms. The molecule has 5 nitrogen and oxygen atoms in total. The molecule has 0 fully saturated rings. The number of benzene rings is 2. The van der Waals surface area contributed by atoms with Crippen molar-refractivity contribution >= 4 is 22.7 Å². The normalized spacial score (nSPS) is 12.0. The average molecular weight is 381 g/mol. The summed E-state index contributed by atoms with van der Waals surface area (Å²) in [6.45, 7) is -1.40. The minimum Gasteiger partial charge on any atom is -0.755 e. The van der Waals surface area contributed by atoms with E-state index in [1.165, 1.54) is 12.1 Å². The zero-order chi connectivity index (χ0) is 18.9. The Labute approximate surface area is 153 Å². The summed E-state index contributed by atoms with van der Waals surface area (Å²) in [5, 5.41) is 2.98. The van der Waals surface area contributed by atoms with E-state index in [2.05, 4.69) is 5.32 Å². The second-order valence-corrected chi connectivity index (χ2v) is 6.28. The maximum Gasteiger partial charge on any atom is 0.177 e. The van der Waals surface area contributed by atoms with Crippen molar-refractivity contribution in [3.05, 3.63) is 64.7 Å². The van der Waals surface area contributed by atoms with Crippen LogP contribution in [0.4, 0.5) is 14.5 Å². The molecule has 1 unspecified atom stereocenters. The number of alkyl halides is 2. The molecule has 1 atom stereocenters. The van der Waals surface area contributed by atoms with Crippen LogP contribution in [0.5, 0.6) is 0 Å². The fourth-order valence-electron chi connectivity index (χ4n) is 2.54. The zero-order valence-electron chi connectivity index (χ0n) is 14.0. The van der Waals surface area contributed by atoms with E-state index >= 15 is 0 Å². The number of hydrogen-bond donors (Lipinski definition) is 2. The molecule has 0 radical (unpaired) electrons. The summed E-state index contributed by atoms with van der Waals surface area (Å²) in [5.74, 6) is -0.393. The van der Waals surface area contributed by atoms with Gasteiger partial charge in [-0.1, -0.05) is 30.3 Å². The Morgan fingerprint density at radius 2 is 1.77 bits per heavy atom. The van der Waals surface area contributed by atoms with E-state index in [-0.39, 0.29) is 28.9 Å². The van der Waals surface area contributed by atoms with Gasteiger partial charge in [0.2, 0.25) is 0 Å². The van der Waals surface area contributed by atoms with E-state index < -0.39 is 30.4 Å². The Balaban J connectivity index is 2.05. The first-order chi connectivity index (χ1) is 12.5. The molecule has 0 saturated carbocycles. The van der Waals surface area contributed by atoms with Crippen molar-refractivity contribution in [1.82, 2.24) is 5.32 Å². The molecule has 0 heterocycles. The molecule has 0 bridgehead atoms. The Morgan fingerprint density at radius 3 is 2.38 bits per heavy atom. The average Bonchev–Trinajstić information content (AvgIpc) is 2.65. The molecule has 26 heavy (non-hydrogen) atoms. The highest BCUT2D eigenvalue weighted by Crippen LogP contribution is 2.24. The summed E-state index contributed by atoms with van der Waals surface area (Å²) in [5.41, 5.74) is 1.11. The predicted octanol–water partition coefficient (Wildman–Crippen LogP) is 2.85. The van der Waals surface area contributed by atoms with E-state index in [1.54, 1.807) is 0 Å². The van der Waals surface area contributed by atoms with Gasteiger partial charge in [0.25, 0.3) is 0 Å². The lowest BCUT2D eigenvalue weighted by Gasteiger charge is -2.16. The number of nitrogens with one attached hydrogen (secondary N) is 2. The van der Waals surface area contributed by atoms with Crippen molar-refractivity contribution in [1.29, 1.82) is 0 Å². The second kappa shape index (κ2) is 10.1.